The molecule has 6 nitrogen and oxygen atoms in total. The fraction of sp³-hybridized carbons (Fsp3) is 0.308. The number of amides is 1. The molecule has 0 N–H and O–H groups in total. The molecule has 1 unspecified atom stereocenters. The van der Waals surface area contributed by atoms with Gasteiger partial charge in [0.25, 0.3) is 11.5 Å². The predicted octanol–water partition coefficient (Wildman–Crippen LogP) is 4.57. The molecule has 1 amide bonds. The Morgan fingerprint density at radius 2 is 1.94 bits per heavy atom. The van der Waals surface area contributed by atoms with Gasteiger partial charge in [-0.1, -0.05) is 61.2 Å². The van der Waals surface area contributed by atoms with Gasteiger partial charge in [-0.2, -0.15) is 0 Å². The van der Waals surface area contributed by atoms with E-state index in [1.54, 1.807) is 21.6 Å². The average Bonchev–Trinajstić information content (AvgIpc) is 3.13. The van der Waals surface area contributed by atoms with Crippen LogP contribution in [0.3, 0.4) is 0 Å². The molecule has 1 saturated heterocycles. The van der Waals surface area contributed by atoms with Gasteiger partial charge in [0.05, 0.1) is 10.5 Å². The first-order valence-electron chi connectivity index (χ1n) is 11.5. The van der Waals surface area contributed by atoms with Crippen molar-refractivity contribution >= 4 is 51.7 Å². The summed E-state index contributed by atoms with van der Waals surface area (Å²) in [7, 11) is 0. The molecule has 1 aromatic carbocycles. The van der Waals surface area contributed by atoms with Crippen molar-refractivity contribution in [3.8, 4) is 0 Å². The zero-order chi connectivity index (χ0) is 24.0. The molecule has 2 aliphatic heterocycles. The van der Waals surface area contributed by atoms with E-state index in [-0.39, 0.29) is 17.5 Å². The number of aryl methyl sites for hydroxylation is 1. The van der Waals surface area contributed by atoms with Crippen LogP contribution in [-0.2, 0) is 17.8 Å². The van der Waals surface area contributed by atoms with E-state index in [0.29, 0.717) is 32.8 Å². The second kappa shape index (κ2) is 9.00. The second-order valence-electron chi connectivity index (χ2n) is 8.79. The van der Waals surface area contributed by atoms with Gasteiger partial charge in [-0.15, -0.1) is 0 Å². The maximum atomic E-state index is 13.7. The first-order valence-corrected chi connectivity index (χ1v) is 12.7. The number of pyridine rings is 1. The lowest BCUT2D eigenvalue weighted by Gasteiger charge is -2.31. The minimum atomic E-state index is -0.184. The van der Waals surface area contributed by atoms with Gasteiger partial charge in [0.2, 0.25) is 0 Å². The zero-order valence-corrected chi connectivity index (χ0v) is 21.1. The summed E-state index contributed by atoms with van der Waals surface area (Å²) in [5, 5.41) is 0. The largest absolute Gasteiger partial charge is 0.351 e. The molecule has 34 heavy (non-hydrogen) atoms. The molecule has 2 aromatic heterocycles. The van der Waals surface area contributed by atoms with E-state index in [2.05, 4.69) is 23.1 Å². The lowest BCUT2D eigenvalue weighted by Crippen LogP contribution is -2.36. The molecule has 174 valence electrons. The quantitative estimate of drug-likeness (QED) is 0.395. The van der Waals surface area contributed by atoms with Crippen LogP contribution in [-0.4, -0.2) is 37.1 Å². The Labute approximate surface area is 208 Å². The highest BCUT2D eigenvalue weighted by Gasteiger charge is 2.35. The maximum absolute atomic E-state index is 13.7. The van der Waals surface area contributed by atoms with Crippen LogP contribution < -0.4 is 10.5 Å². The lowest BCUT2D eigenvalue weighted by atomic mass is 9.99. The monoisotopic (exact) mass is 490 g/mol. The Bertz CT molecular complexity index is 1410. The Balaban J connectivity index is 1.67. The summed E-state index contributed by atoms with van der Waals surface area (Å²) in [6, 6.07) is 12.2. The molecule has 5 rings (SSSR count). The van der Waals surface area contributed by atoms with Gasteiger partial charge in [0, 0.05) is 25.3 Å². The summed E-state index contributed by atoms with van der Waals surface area (Å²) in [5.74, 6) is 0.468. The Morgan fingerprint density at radius 3 is 2.71 bits per heavy atom. The zero-order valence-electron chi connectivity index (χ0n) is 19.4. The molecule has 0 bridgehead atoms. The highest BCUT2D eigenvalue weighted by molar-refractivity contribution is 8.26. The van der Waals surface area contributed by atoms with Crippen molar-refractivity contribution in [1.82, 2.24) is 14.3 Å². The van der Waals surface area contributed by atoms with Crippen LogP contribution in [0.5, 0.6) is 0 Å². The summed E-state index contributed by atoms with van der Waals surface area (Å²) in [5.41, 5.74) is 4.35. The number of carbonyl (C=O) groups excluding carboxylic acids is 1. The van der Waals surface area contributed by atoms with Gasteiger partial charge in [0.1, 0.15) is 15.8 Å². The second-order valence-corrected chi connectivity index (χ2v) is 10.5. The van der Waals surface area contributed by atoms with Crippen molar-refractivity contribution in [3.63, 3.8) is 0 Å². The van der Waals surface area contributed by atoms with Gasteiger partial charge in [-0.3, -0.25) is 18.9 Å². The standard InChI is InChI=1S/C26H26N4O2S2/c1-4-17(3)30-25(32)21(34-26(30)33)14-20-23(27-22-16(2)8-7-12-29(22)24(20)31)28-13-11-18-9-5-6-10-19(18)15-28/h5-10,12,14,17H,4,11,13,15H2,1-3H3. The fourth-order valence-electron chi connectivity index (χ4n) is 4.52. The van der Waals surface area contributed by atoms with Crippen LogP contribution in [0.15, 0.2) is 52.3 Å². The first kappa shape index (κ1) is 22.8. The highest BCUT2D eigenvalue weighted by Crippen LogP contribution is 2.36. The SMILES string of the molecule is CCC(C)N1C(=O)C(=Cc2c(N3CCc4ccccc4C3)nc3c(C)cccn3c2=O)SC1=S. The number of rotatable bonds is 4. The van der Waals surface area contributed by atoms with Crippen molar-refractivity contribution in [2.75, 3.05) is 11.4 Å². The number of carbonyl (C=O) groups is 1. The van der Waals surface area contributed by atoms with E-state index in [9.17, 15) is 9.59 Å². The van der Waals surface area contributed by atoms with E-state index in [1.165, 1.54) is 22.9 Å². The summed E-state index contributed by atoms with van der Waals surface area (Å²) in [6.07, 6.45) is 5.11. The number of nitrogens with zero attached hydrogens (tertiary/aromatic N) is 4. The van der Waals surface area contributed by atoms with E-state index >= 15 is 0 Å². The van der Waals surface area contributed by atoms with Gasteiger partial charge in [0.15, 0.2) is 0 Å². The number of hydrogen-bond acceptors (Lipinski definition) is 6. The normalized spacial score (nSPS) is 18.1. The van der Waals surface area contributed by atoms with Crippen LogP contribution in [0.25, 0.3) is 11.7 Å². The predicted molar refractivity (Wildman–Crippen MR) is 142 cm³/mol. The molecule has 8 heteroatoms. The van der Waals surface area contributed by atoms with Crippen molar-refractivity contribution in [2.24, 2.45) is 0 Å². The molecule has 0 saturated carbocycles. The molecule has 1 atom stereocenters. The average molecular weight is 491 g/mol. The molecule has 0 aliphatic carbocycles. The number of thioether (sulfide) groups is 1. The lowest BCUT2D eigenvalue weighted by molar-refractivity contribution is -0.123. The smallest absolute Gasteiger partial charge is 0.267 e. The minimum absolute atomic E-state index is 0.00921. The van der Waals surface area contributed by atoms with Crippen molar-refractivity contribution in [3.05, 3.63) is 80.1 Å². The van der Waals surface area contributed by atoms with Crippen LogP contribution in [0.1, 0.15) is 42.5 Å². The molecule has 4 heterocycles. The topological polar surface area (TPSA) is 57.9 Å². The first-order chi connectivity index (χ1) is 16.4. The summed E-state index contributed by atoms with van der Waals surface area (Å²) >= 11 is 6.76. The molecular weight excluding hydrogens is 464 g/mol. The van der Waals surface area contributed by atoms with Gasteiger partial charge in [-0.25, -0.2) is 4.98 Å². The number of thiocarbonyl (C=S) groups is 1. The summed E-state index contributed by atoms with van der Waals surface area (Å²) < 4.78 is 2.10. The van der Waals surface area contributed by atoms with E-state index < -0.39 is 0 Å². The number of anilines is 1. The van der Waals surface area contributed by atoms with Gasteiger partial charge >= 0.3 is 0 Å². The summed E-state index contributed by atoms with van der Waals surface area (Å²) in [6.45, 7) is 7.38. The maximum Gasteiger partial charge on any atom is 0.267 e. The van der Waals surface area contributed by atoms with E-state index in [4.69, 9.17) is 17.2 Å². The Kier molecular flexibility index (Phi) is 6.04. The molecule has 2 aliphatic rings. The third-order valence-corrected chi connectivity index (χ3v) is 7.96. The third kappa shape index (κ3) is 3.84. The third-order valence-electron chi connectivity index (χ3n) is 6.62. The minimum Gasteiger partial charge on any atom is -0.351 e. The van der Waals surface area contributed by atoms with E-state index in [1.807, 2.05) is 39.0 Å². The van der Waals surface area contributed by atoms with Crippen LogP contribution >= 0.6 is 24.0 Å². The Hall–Kier alpha value is -2.97. The molecule has 0 radical (unpaired) electrons. The highest BCUT2D eigenvalue weighted by atomic mass is 32.2. The van der Waals surface area contributed by atoms with Crippen LogP contribution in [0, 0.1) is 6.92 Å². The van der Waals surface area contributed by atoms with Crippen LogP contribution in [0.4, 0.5) is 5.82 Å². The number of fused-ring (bicyclic) bond motifs is 2. The van der Waals surface area contributed by atoms with Crippen molar-refractivity contribution in [2.45, 2.75) is 46.2 Å². The molecule has 1 fully saturated rings. The molecule has 3 aromatic rings. The number of hydrogen-bond donors (Lipinski definition) is 0. The molecular formula is C26H26N4O2S2. The summed E-state index contributed by atoms with van der Waals surface area (Å²) in [4.78, 5) is 36.2. The molecule has 0 spiro atoms. The van der Waals surface area contributed by atoms with Crippen LogP contribution in [0.2, 0.25) is 0 Å². The van der Waals surface area contributed by atoms with Gasteiger partial charge in [-0.05, 0) is 55.5 Å². The number of aromatic nitrogens is 2. The van der Waals surface area contributed by atoms with Crippen molar-refractivity contribution in [1.29, 1.82) is 0 Å². The fourth-order valence-corrected chi connectivity index (χ4v) is 5.96. The Morgan fingerprint density at radius 1 is 1.18 bits per heavy atom. The number of benzene rings is 1. The van der Waals surface area contributed by atoms with E-state index in [0.717, 1.165) is 24.9 Å². The van der Waals surface area contributed by atoms with Gasteiger partial charge < -0.3 is 4.90 Å². The van der Waals surface area contributed by atoms with Crippen molar-refractivity contribution < 1.29 is 4.79 Å².